The van der Waals surface area contributed by atoms with Gasteiger partial charge in [-0.2, -0.15) is 0 Å². The van der Waals surface area contributed by atoms with Crippen LogP contribution in [0.1, 0.15) is 0 Å². The maximum atomic E-state index is 2.74. The van der Waals surface area contributed by atoms with Crippen molar-refractivity contribution in [3.05, 3.63) is 224 Å². The van der Waals surface area contributed by atoms with E-state index in [0.717, 1.165) is 11.4 Å². The van der Waals surface area contributed by atoms with Crippen molar-refractivity contribution in [2.24, 2.45) is 0 Å². The zero-order valence-electron chi connectivity index (χ0n) is 31.7. The van der Waals surface area contributed by atoms with Gasteiger partial charge in [0.1, 0.15) is 0 Å². The summed E-state index contributed by atoms with van der Waals surface area (Å²) in [6.45, 7) is 0. The molecule has 0 spiro atoms. The summed E-state index contributed by atoms with van der Waals surface area (Å²) in [6, 6.07) is 83.3. The highest BCUT2D eigenvalue weighted by Gasteiger charge is 2.44. The minimum absolute atomic E-state index is 1.16. The number of para-hydroxylation sites is 5. The van der Waals surface area contributed by atoms with Gasteiger partial charge in [-0.3, -0.25) is 0 Å². The molecule has 0 atom stereocenters. The summed E-state index contributed by atoms with van der Waals surface area (Å²) in [7, 11) is -3.06. The predicted molar refractivity (Wildman–Crippen MR) is 248 cm³/mol. The third-order valence-electron chi connectivity index (χ3n) is 12.3. The number of benzene rings is 9. The summed E-state index contributed by atoms with van der Waals surface area (Å²) in [5, 5.41) is 11.6. The summed E-state index contributed by atoms with van der Waals surface area (Å²) < 4.78 is 7.59. The molecule has 12 aromatic rings. The smallest absolute Gasteiger partial charge is 0.257 e. The lowest BCUT2D eigenvalue weighted by Crippen LogP contribution is -2.72. The number of rotatable bonds is 6. The maximum absolute atomic E-state index is 3.06. The first kappa shape index (κ1) is 32.8. The van der Waals surface area contributed by atoms with Crippen molar-refractivity contribution in [1.82, 2.24) is 13.4 Å². The highest BCUT2D eigenvalue weighted by molar-refractivity contribution is 7.11. The van der Waals surface area contributed by atoms with E-state index in [0.29, 0.717) is 0 Å². The molecule has 0 fully saturated rings. The lowest BCUT2D eigenvalue weighted by atomic mass is 10.1. The van der Waals surface area contributed by atoms with E-state index in [4.69, 9.17) is 0 Å². The van der Waals surface area contributed by atoms with Gasteiger partial charge in [-0.15, -0.1) is 0 Å². The van der Waals surface area contributed by atoms with Crippen molar-refractivity contribution in [3.63, 3.8) is 0 Å². The zero-order valence-corrected chi connectivity index (χ0v) is 32.7. The van der Waals surface area contributed by atoms with Gasteiger partial charge in [0.05, 0.1) is 22.1 Å². The summed E-state index contributed by atoms with van der Waals surface area (Å²) in [6.07, 6.45) is 0. The van der Waals surface area contributed by atoms with E-state index in [-0.39, 0.29) is 0 Å². The number of nitrogens with zero attached hydrogens (tertiary/aromatic N) is 3. The second kappa shape index (κ2) is 12.8. The van der Waals surface area contributed by atoms with Crippen LogP contribution in [0.3, 0.4) is 0 Å². The second-order valence-electron chi connectivity index (χ2n) is 15.3. The molecule has 0 aliphatic heterocycles. The Morgan fingerprint density at radius 3 is 1.03 bits per heavy atom. The molecule has 0 aliphatic rings. The van der Waals surface area contributed by atoms with Gasteiger partial charge >= 0.3 is 0 Å². The summed E-state index contributed by atoms with van der Waals surface area (Å²) in [4.78, 5) is 0. The molecule has 0 saturated carbocycles. The molecule has 58 heavy (non-hydrogen) atoms. The molecule has 3 nitrogen and oxygen atoms in total. The van der Waals surface area contributed by atoms with E-state index in [1.54, 1.807) is 0 Å². The Kier molecular flexibility index (Phi) is 7.25. The fourth-order valence-corrected chi connectivity index (χ4v) is 14.8. The standard InChI is InChI=1S/C54H37N3Si/c1-3-17-40(18-4-1)58(41-19-5-2-6-20-41,42-34-31-38(32-35-42)55-49-26-12-7-21-43(49)44-22-8-13-27-50(44)55)57-53-30-16-11-25-47(53)48-37-39(33-36-54(48)57)56-51-28-14-9-23-45(51)46-24-10-15-29-52(46)56/h1-37H. The quantitative estimate of drug-likeness (QED) is 0.119. The molecule has 3 heterocycles. The number of hydrogen-bond donors (Lipinski definition) is 0. The van der Waals surface area contributed by atoms with Gasteiger partial charge in [-0.1, -0.05) is 164 Å². The number of fused-ring (bicyclic) bond motifs is 9. The Morgan fingerprint density at radius 2 is 0.569 bits per heavy atom. The molecule has 0 N–H and O–H groups in total. The third-order valence-corrected chi connectivity index (χ3v) is 17.0. The molecule has 0 radical (unpaired) electrons. The van der Waals surface area contributed by atoms with Gasteiger partial charge in [-0.25, -0.2) is 0 Å². The van der Waals surface area contributed by atoms with Gasteiger partial charge in [-0.05, 0) is 76.2 Å². The summed E-state index contributed by atoms with van der Waals surface area (Å²) >= 11 is 0. The van der Waals surface area contributed by atoms with Gasteiger partial charge in [0.2, 0.25) is 0 Å². The van der Waals surface area contributed by atoms with Crippen molar-refractivity contribution in [3.8, 4) is 11.4 Å². The Morgan fingerprint density at radius 1 is 0.241 bits per heavy atom. The molecule has 12 rings (SSSR count). The largest absolute Gasteiger partial charge is 0.355 e. The van der Waals surface area contributed by atoms with Crippen LogP contribution in [0, 0.1) is 0 Å². The molecule has 9 aromatic carbocycles. The number of aromatic nitrogens is 3. The van der Waals surface area contributed by atoms with E-state index in [2.05, 4.69) is 238 Å². The van der Waals surface area contributed by atoms with Gasteiger partial charge in [0.25, 0.3) is 8.24 Å². The lowest BCUT2D eigenvalue weighted by molar-refractivity contribution is 1.18. The SMILES string of the molecule is c1ccc([Si](c2ccccc2)(c2ccc(-n3c4ccccc4c4ccccc43)cc2)n2c3ccccc3c3cc(-n4c5ccccc5c5ccccc54)ccc32)cc1. The summed E-state index contributed by atoms with van der Waals surface area (Å²) in [5.41, 5.74) is 9.65. The normalized spacial score (nSPS) is 12.1. The molecule has 0 unspecified atom stereocenters. The summed E-state index contributed by atoms with van der Waals surface area (Å²) in [5.74, 6) is 0. The fraction of sp³-hybridized carbons (Fsp3) is 0. The van der Waals surface area contributed by atoms with Crippen LogP contribution in [0.25, 0.3) is 76.8 Å². The van der Waals surface area contributed by atoms with Crippen LogP contribution in [0.2, 0.25) is 0 Å². The van der Waals surface area contributed by atoms with Crippen LogP contribution >= 0.6 is 0 Å². The number of hydrogen-bond acceptors (Lipinski definition) is 0. The average molecular weight is 756 g/mol. The molecule has 0 saturated heterocycles. The molecule has 4 heteroatoms. The molecular weight excluding hydrogens is 719 g/mol. The third kappa shape index (κ3) is 4.61. The highest BCUT2D eigenvalue weighted by atomic mass is 28.3. The second-order valence-corrected chi connectivity index (χ2v) is 18.9. The zero-order chi connectivity index (χ0) is 38.2. The molecule has 0 amide bonds. The first-order chi connectivity index (χ1) is 28.8. The van der Waals surface area contributed by atoms with Crippen LogP contribution in [0.5, 0.6) is 0 Å². The van der Waals surface area contributed by atoms with E-state index in [1.165, 1.54) is 81.0 Å². The first-order valence-corrected chi connectivity index (χ1v) is 22.0. The van der Waals surface area contributed by atoms with Crippen LogP contribution in [-0.4, -0.2) is 21.6 Å². The predicted octanol–water partition coefficient (Wildman–Crippen LogP) is 11.5. The van der Waals surface area contributed by atoms with Crippen molar-refractivity contribution < 1.29 is 0 Å². The Balaban J connectivity index is 1.16. The molecule has 3 aromatic heterocycles. The lowest BCUT2D eigenvalue weighted by Gasteiger charge is -2.36. The molecule has 0 aliphatic carbocycles. The van der Waals surface area contributed by atoms with Crippen molar-refractivity contribution >= 4 is 89.2 Å². The maximum Gasteiger partial charge on any atom is 0.257 e. The Hall–Kier alpha value is -7.40. The molecule has 0 bridgehead atoms. The monoisotopic (exact) mass is 755 g/mol. The van der Waals surface area contributed by atoms with Crippen molar-refractivity contribution in [1.29, 1.82) is 0 Å². The van der Waals surface area contributed by atoms with E-state index < -0.39 is 8.24 Å². The molecule has 272 valence electrons. The van der Waals surface area contributed by atoms with E-state index in [9.17, 15) is 0 Å². The van der Waals surface area contributed by atoms with Crippen molar-refractivity contribution in [2.75, 3.05) is 0 Å². The molecular formula is C54H37N3Si. The van der Waals surface area contributed by atoms with Gasteiger partial charge < -0.3 is 13.4 Å². The Labute approximate surface area is 337 Å². The van der Waals surface area contributed by atoms with Crippen LogP contribution in [0.15, 0.2) is 224 Å². The van der Waals surface area contributed by atoms with Gasteiger partial charge in [0.15, 0.2) is 0 Å². The van der Waals surface area contributed by atoms with Crippen molar-refractivity contribution in [2.45, 2.75) is 0 Å². The van der Waals surface area contributed by atoms with Crippen LogP contribution in [0.4, 0.5) is 0 Å². The Bertz CT molecular complexity index is 3350. The minimum Gasteiger partial charge on any atom is -0.355 e. The topological polar surface area (TPSA) is 14.8 Å². The minimum atomic E-state index is -3.06. The average Bonchev–Trinajstić information content (AvgIpc) is 3.94. The van der Waals surface area contributed by atoms with E-state index in [1.807, 2.05) is 0 Å². The van der Waals surface area contributed by atoms with Crippen LogP contribution < -0.4 is 15.6 Å². The fourth-order valence-electron chi connectivity index (χ4n) is 9.96. The first-order valence-electron chi connectivity index (χ1n) is 20.0. The van der Waals surface area contributed by atoms with E-state index >= 15 is 0 Å². The van der Waals surface area contributed by atoms with Crippen LogP contribution in [-0.2, 0) is 0 Å². The van der Waals surface area contributed by atoms with Gasteiger partial charge in [0, 0.05) is 54.7 Å². The highest BCUT2D eigenvalue weighted by Crippen LogP contribution is 2.37.